The molecular weight excluding hydrogens is 256 g/mol. The van der Waals surface area contributed by atoms with E-state index >= 15 is 0 Å². The summed E-state index contributed by atoms with van der Waals surface area (Å²) in [5, 5.41) is 10.7. The zero-order valence-electron chi connectivity index (χ0n) is 12.3. The molecule has 2 saturated carbocycles. The molecule has 0 saturated heterocycles. The molecule has 20 heavy (non-hydrogen) atoms. The van der Waals surface area contributed by atoms with Crippen molar-refractivity contribution in [1.82, 2.24) is 0 Å². The van der Waals surface area contributed by atoms with Crippen LogP contribution in [0.25, 0.3) is 0 Å². The fourth-order valence-electron chi connectivity index (χ4n) is 3.91. The SMILES string of the molecule is COc1ccc(C(O)C2C3CCCC32)c(OC)c1OC. The van der Waals surface area contributed by atoms with Crippen molar-refractivity contribution < 1.29 is 19.3 Å². The molecule has 1 N–H and O–H groups in total. The molecule has 3 atom stereocenters. The Hall–Kier alpha value is -1.42. The summed E-state index contributed by atoms with van der Waals surface area (Å²) in [5.41, 5.74) is 0.810. The number of hydrogen-bond acceptors (Lipinski definition) is 4. The quantitative estimate of drug-likeness (QED) is 0.899. The predicted molar refractivity (Wildman–Crippen MR) is 75.4 cm³/mol. The molecule has 2 aliphatic carbocycles. The standard InChI is InChI=1S/C16H22O4/c1-18-12-8-7-11(15(19-2)16(12)20-3)14(17)13-9-5-4-6-10(9)13/h7-10,13-14,17H,4-6H2,1-3H3. The predicted octanol–water partition coefficient (Wildman–Crippen LogP) is 2.79. The average molecular weight is 278 g/mol. The van der Waals surface area contributed by atoms with Crippen molar-refractivity contribution in [1.29, 1.82) is 0 Å². The number of rotatable bonds is 5. The van der Waals surface area contributed by atoms with Gasteiger partial charge in [-0.1, -0.05) is 6.42 Å². The summed E-state index contributed by atoms with van der Waals surface area (Å²) in [5.74, 6) is 3.54. The number of aliphatic hydroxyl groups is 1. The molecule has 0 amide bonds. The first-order valence-corrected chi connectivity index (χ1v) is 7.19. The molecule has 110 valence electrons. The largest absolute Gasteiger partial charge is 0.493 e. The summed E-state index contributed by atoms with van der Waals surface area (Å²) in [6, 6.07) is 3.72. The molecule has 4 heteroatoms. The molecule has 0 aliphatic heterocycles. The van der Waals surface area contributed by atoms with E-state index in [9.17, 15) is 5.11 Å². The first kappa shape index (κ1) is 13.6. The van der Waals surface area contributed by atoms with E-state index in [0.717, 1.165) is 5.56 Å². The monoisotopic (exact) mass is 278 g/mol. The first-order chi connectivity index (χ1) is 9.72. The van der Waals surface area contributed by atoms with Gasteiger partial charge in [0.2, 0.25) is 5.75 Å². The van der Waals surface area contributed by atoms with E-state index < -0.39 is 6.10 Å². The van der Waals surface area contributed by atoms with Crippen LogP contribution in [0.4, 0.5) is 0 Å². The smallest absolute Gasteiger partial charge is 0.203 e. The topological polar surface area (TPSA) is 47.9 Å². The molecule has 0 spiro atoms. The van der Waals surface area contributed by atoms with Gasteiger partial charge < -0.3 is 19.3 Å². The summed E-state index contributed by atoms with van der Waals surface area (Å²) >= 11 is 0. The van der Waals surface area contributed by atoms with Crippen molar-refractivity contribution in [2.24, 2.45) is 17.8 Å². The van der Waals surface area contributed by atoms with Crippen LogP contribution in [0.15, 0.2) is 12.1 Å². The molecule has 0 aromatic heterocycles. The normalized spacial score (nSPS) is 28.7. The van der Waals surface area contributed by atoms with Crippen LogP contribution < -0.4 is 14.2 Å². The third-order valence-electron chi connectivity index (χ3n) is 4.89. The van der Waals surface area contributed by atoms with Crippen molar-refractivity contribution in [2.75, 3.05) is 21.3 Å². The van der Waals surface area contributed by atoms with Gasteiger partial charge in [-0.25, -0.2) is 0 Å². The molecule has 1 aromatic carbocycles. The van der Waals surface area contributed by atoms with Gasteiger partial charge in [-0.15, -0.1) is 0 Å². The maximum Gasteiger partial charge on any atom is 0.203 e. The molecule has 2 aliphatic rings. The number of benzene rings is 1. The second-order valence-electron chi connectivity index (χ2n) is 5.70. The molecule has 3 rings (SSSR count). The minimum absolute atomic E-state index is 0.385. The Morgan fingerprint density at radius 2 is 1.65 bits per heavy atom. The van der Waals surface area contributed by atoms with Gasteiger partial charge in [0, 0.05) is 5.56 Å². The molecule has 4 nitrogen and oxygen atoms in total. The van der Waals surface area contributed by atoms with Crippen LogP contribution >= 0.6 is 0 Å². The summed E-state index contributed by atoms with van der Waals surface area (Å²) in [6.45, 7) is 0. The van der Waals surface area contributed by atoms with Crippen LogP contribution in [0.1, 0.15) is 30.9 Å². The van der Waals surface area contributed by atoms with E-state index in [0.29, 0.717) is 35.0 Å². The lowest BCUT2D eigenvalue weighted by atomic mass is 9.98. The van der Waals surface area contributed by atoms with E-state index in [1.54, 1.807) is 21.3 Å². The van der Waals surface area contributed by atoms with Gasteiger partial charge in [0.15, 0.2) is 11.5 Å². The van der Waals surface area contributed by atoms with E-state index in [2.05, 4.69) is 0 Å². The Kier molecular flexibility index (Phi) is 3.50. The number of fused-ring (bicyclic) bond motifs is 1. The van der Waals surface area contributed by atoms with Gasteiger partial charge >= 0.3 is 0 Å². The maximum atomic E-state index is 10.7. The number of aliphatic hydroxyl groups excluding tert-OH is 1. The van der Waals surface area contributed by atoms with E-state index in [1.807, 2.05) is 12.1 Å². The second kappa shape index (κ2) is 5.17. The summed E-state index contributed by atoms with van der Waals surface area (Å²) in [7, 11) is 4.78. The fourth-order valence-corrected chi connectivity index (χ4v) is 3.91. The highest BCUT2D eigenvalue weighted by molar-refractivity contribution is 5.56. The Morgan fingerprint density at radius 3 is 2.20 bits per heavy atom. The Bertz CT molecular complexity index is 489. The zero-order valence-corrected chi connectivity index (χ0v) is 12.3. The van der Waals surface area contributed by atoms with Crippen molar-refractivity contribution in [3.8, 4) is 17.2 Å². The Morgan fingerprint density at radius 1 is 1.00 bits per heavy atom. The lowest BCUT2D eigenvalue weighted by Crippen LogP contribution is -2.08. The molecular formula is C16H22O4. The Labute approximate surface area is 119 Å². The Balaban J connectivity index is 1.92. The van der Waals surface area contributed by atoms with Crippen molar-refractivity contribution in [3.05, 3.63) is 17.7 Å². The molecule has 2 fully saturated rings. The van der Waals surface area contributed by atoms with Gasteiger partial charge in [0.1, 0.15) is 0 Å². The third-order valence-corrected chi connectivity index (χ3v) is 4.89. The minimum atomic E-state index is -0.472. The summed E-state index contributed by atoms with van der Waals surface area (Å²) in [6.07, 6.45) is 3.34. The van der Waals surface area contributed by atoms with Gasteiger partial charge in [0.25, 0.3) is 0 Å². The van der Waals surface area contributed by atoms with Crippen LogP contribution in [-0.2, 0) is 0 Å². The van der Waals surface area contributed by atoms with Crippen LogP contribution in [0.2, 0.25) is 0 Å². The summed E-state index contributed by atoms with van der Waals surface area (Å²) in [4.78, 5) is 0. The minimum Gasteiger partial charge on any atom is -0.493 e. The molecule has 0 bridgehead atoms. The van der Waals surface area contributed by atoms with Gasteiger partial charge in [-0.3, -0.25) is 0 Å². The highest BCUT2D eigenvalue weighted by atomic mass is 16.5. The highest BCUT2D eigenvalue weighted by Gasteiger charge is 2.56. The van der Waals surface area contributed by atoms with Gasteiger partial charge in [-0.05, 0) is 42.7 Å². The van der Waals surface area contributed by atoms with Crippen molar-refractivity contribution in [2.45, 2.75) is 25.4 Å². The lowest BCUT2D eigenvalue weighted by molar-refractivity contribution is 0.133. The fraction of sp³-hybridized carbons (Fsp3) is 0.625. The zero-order chi connectivity index (χ0) is 14.3. The van der Waals surface area contributed by atoms with Gasteiger partial charge in [0.05, 0.1) is 27.4 Å². The number of methoxy groups -OCH3 is 3. The van der Waals surface area contributed by atoms with Crippen molar-refractivity contribution >= 4 is 0 Å². The summed E-state index contributed by atoms with van der Waals surface area (Å²) < 4.78 is 16.1. The molecule has 0 heterocycles. The third kappa shape index (κ3) is 1.94. The van der Waals surface area contributed by atoms with Crippen LogP contribution in [0.3, 0.4) is 0 Å². The van der Waals surface area contributed by atoms with Crippen LogP contribution in [0.5, 0.6) is 17.2 Å². The number of hydrogen-bond donors (Lipinski definition) is 1. The highest BCUT2D eigenvalue weighted by Crippen LogP contribution is 2.63. The van der Waals surface area contributed by atoms with Crippen molar-refractivity contribution in [3.63, 3.8) is 0 Å². The van der Waals surface area contributed by atoms with Crippen LogP contribution in [0, 0.1) is 17.8 Å². The number of ether oxygens (including phenoxy) is 3. The second-order valence-corrected chi connectivity index (χ2v) is 5.70. The van der Waals surface area contributed by atoms with E-state index in [1.165, 1.54) is 19.3 Å². The molecule has 0 radical (unpaired) electrons. The average Bonchev–Trinajstić information content (AvgIpc) is 2.96. The van der Waals surface area contributed by atoms with E-state index in [4.69, 9.17) is 14.2 Å². The molecule has 1 aromatic rings. The first-order valence-electron chi connectivity index (χ1n) is 7.19. The molecule has 3 unspecified atom stereocenters. The lowest BCUT2D eigenvalue weighted by Gasteiger charge is -2.20. The maximum absolute atomic E-state index is 10.7. The van der Waals surface area contributed by atoms with Crippen LogP contribution in [-0.4, -0.2) is 26.4 Å². The van der Waals surface area contributed by atoms with E-state index in [-0.39, 0.29) is 0 Å². The van der Waals surface area contributed by atoms with Gasteiger partial charge in [-0.2, -0.15) is 0 Å².